The van der Waals surface area contributed by atoms with Gasteiger partial charge in [-0.3, -0.25) is 0 Å². The van der Waals surface area contributed by atoms with Crippen molar-refractivity contribution in [2.75, 3.05) is 7.11 Å². The molecule has 0 spiro atoms. The Kier molecular flexibility index (Phi) is 2.98. The first kappa shape index (κ1) is 10.9. The molecule has 1 atom stereocenters. The average molecular weight is 275 g/mol. The van der Waals surface area contributed by atoms with Crippen molar-refractivity contribution >= 4 is 15.9 Å². The Hall–Kier alpha value is -0.610. The lowest BCUT2D eigenvalue weighted by molar-refractivity contribution is 0.147. The van der Waals surface area contributed by atoms with E-state index in [4.69, 9.17) is 4.74 Å². The number of hydrogen-bond acceptors (Lipinski definition) is 2. The Morgan fingerprint density at radius 2 is 2.20 bits per heavy atom. The van der Waals surface area contributed by atoms with Gasteiger partial charge >= 0.3 is 0 Å². The van der Waals surface area contributed by atoms with Gasteiger partial charge in [0.05, 0.1) is 13.2 Å². The molecule has 4 heteroatoms. The van der Waals surface area contributed by atoms with Crippen LogP contribution in [0.2, 0.25) is 0 Å². The third-order valence-electron chi connectivity index (χ3n) is 2.68. The van der Waals surface area contributed by atoms with Crippen LogP contribution in [0.1, 0.15) is 24.5 Å². The fraction of sp³-hybridized carbons (Fsp3) is 0.455. The van der Waals surface area contributed by atoms with Gasteiger partial charge in [0.2, 0.25) is 0 Å². The lowest BCUT2D eigenvalue weighted by Crippen LogP contribution is -2.05. The van der Waals surface area contributed by atoms with Gasteiger partial charge in [-0.15, -0.1) is 0 Å². The maximum atomic E-state index is 13.9. The first-order valence-corrected chi connectivity index (χ1v) is 5.64. The second-order valence-corrected chi connectivity index (χ2v) is 4.61. The largest absolute Gasteiger partial charge is 0.494 e. The van der Waals surface area contributed by atoms with Crippen LogP contribution >= 0.6 is 15.9 Å². The molecular weight excluding hydrogens is 263 g/mol. The van der Waals surface area contributed by atoms with Gasteiger partial charge in [-0.25, -0.2) is 4.39 Å². The summed E-state index contributed by atoms with van der Waals surface area (Å²) in [6.07, 6.45) is 1.20. The van der Waals surface area contributed by atoms with E-state index in [1.165, 1.54) is 7.11 Å². The quantitative estimate of drug-likeness (QED) is 0.918. The molecule has 1 unspecified atom stereocenters. The Morgan fingerprint density at radius 1 is 1.53 bits per heavy atom. The molecule has 0 aliphatic heterocycles. The third-order valence-corrected chi connectivity index (χ3v) is 3.37. The zero-order valence-electron chi connectivity index (χ0n) is 8.34. The third kappa shape index (κ3) is 2.01. The molecule has 1 N–H and O–H groups in total. The van der Waals surface area contributed by atoms with Crippen molar-refractivity contribution in [3.8, 4) is 5.75 Å². The number of methoxy groups -OCH3 is 1. The fourth-order valence-electron chi connectivity index (χ4n) is 1.63. The van der Waals surface area contributed by atoms with E-state index in [0.29, 0.717) is 10.0 Å². The zero-order valence-corrected chi connectivity index (χ0v) is 9.92. The summed E-state index contributed by atoms with van der Waals surface area (Å²) in [4.78, 5) is 0. The summed E-state index contributed by atoms with van der Waals surface area (Å²) in [5.74, 6) is -0.0953. The second-order valence-electron chi connectivity index (χ2n) is 3.76. The monoisotopic (exact) mass is 274 g/mol. The number of halogens is 2. The molecular formula is C11H12BrFO2. The van der Waals surface area contributed by atoms with Crippen LogP contribution in [0.5, 0.6) is 5.75 Å². The molecule has 0 amide bonds. The molecule has 1 fully saturated rings. The van der Waals surface area contributed by atoms with Gasteiger partial charge in [0.1, 0.15) is 0 Å². The summed E-state index contributed by atoms with van der Waals surface area (Å²) in [5, 5.41) is 9.92. The highest BCUT2D eigenvalue weighted by Gasteiger charge is 2.34. The van der Waals surface area contributed by atoms with E-state index >= 15 is 0 Å². The molecule has 82 valence electrons. The molecule has 0 saturated heterocycles. The molecule has 1 aromatic rings. The van der Waals surface area contributed by atoms with Crippen LogP contribution in [0.3, 0.4) is 0 Å². The number of ether oxygens (including phenoxy) is 1. The van der Waals surface area contributed by atoms with Crippen LogP contribution in [0.4, 0.5) is 4.39 Å². The van der Waals surface area contributed by atoms with Crippen molar-refractivity contribution in [3.05, 3.63) is 28.0 Å². The first-order chi connectivity index (χ1) is 7.15. The minimum atomic E-state index is -0.727. The lowest BCUT2D eigenvalue weighted by Gasteiger charge is -2.14. The van der Waals surface area contributed by atoms with Crippen LogP contribution in [0.25, 0.3) is 0 Å². The predicted molar refractivity (Wildman–Crippen MR) is 58.3 cm³/mol. The Labute approximate surface area is 96.2 Å². The topological polar surface area (TPSA) is 29.5 Å². The Morgan fingerprint density at radius 3 is 2.73 bits per heavy atom. The number of aliphatic hydroxyl groups is 1. The minimum Gasteiger partial charge on any atom is -0.494 e. The maximum Gasteiger partial charge on any atom is 0.171 e. The van der Waals surface area contributed by atoms with E-state index in [-0.39, 0.29) is 11.7 Å². The van der Waals surface area contributed by atoms with Crippen molar-refractivity contribution in [2.24, 2.45) is 5.92 Å². The molecule has 0 radical (unpaired) electrons. The number of benzene rings is 1. The van der Waals surface area contributed by atoms with Crippen molar-refractivity contribution in [1.29, 1.82) is 0 Å². The van der Waals surface area contributed by atoms with Gasteiger partial charge in [-0.2, -0.15) is 0 Å². The molecule has 1 aliphatic rings. The Balaban J connectivity index is 2.42. The van der Waals surface area contributed by atoms with Gasteiger partial charge < -0.3 is 9.84 Å². The fourth-order valence-corrected chi connectivity index (χ4v) is 2.17. The van der Waals surface area contributed by atoms with E-state index in [9.17, 15) is 9.50 Å². The van der Waals surface area contributed by atoms with E-state index in [1.54, 1.807) is 12.1 Å². The normalized spacial score (nSPS) is 17.6. The molecule has 15 heavy (non-hydrogen) atoms. The summed E-state index contributed by atoms with van der Waals surface area (Å²) < 4.78 is 19.3. The summed E-state index contributed by atoms with van der Waals surface area (Å²) in [5.41, 5.74) is 0.317. The van der Waals surface area contributed by atoms with Crippen LogP contribution in [0.15, 0.2) is 16.6 Å². The predicted octanol–water partition coefficient (Wildman–Crippen LogP) is 3.04. The number of hydrogen-bond donors (Lipinski definition) is 1. The van der Waals surface area contributed by atoms with Gasteiger partial charge in [-0.05, 0) is 30.9 Å². The van der Waals surface area contributed by atoms with Crippen LogP contribution in [0, 0.1) is 11.7 Å². The Bertz CT molecular complexity index is 377. The van der Waals surface area contributed by atoms with Gasteiger partial charge in [0.15, 0.2) is 11.6 Å². The van der Waals surface area contributed by atoms with E-state index in [1.807, 2.05) is 0 Å². The summed E-state index contributed by atoms with van der Waals surface area (Å²) >= 11 is 3.25. The number of aliphatic hydroxyl groups excluding tert-OH is 1. The lowest BCUT2D eigenvalue weighted by atomic mass is 10.0. The van der Waals surface area contributed by atoms with Gasteiger partial charge in [-0.1, -0.05) is 15.9 Å². The van der Waals surface area contributed by atoms with Crippen molar-refractivity contribution in [2.45, 2.75) is 18.9 Å². The first-order valence-electron chi connectivity index (χ1n) is 4.85. The molecule has 0 heterocycles. The summed E-state index contributed by atoms with van der Waals surface area (Å²) in [6.45, 7) is 0. The molecule has 1 aromatic carbocycles. The van der Waals surface area contributed by atoms with Crippen molar-refractivity contribution in [1.82, 2.24) is 0 Å². The number of rotatable bonds is 3. The maximum absolute atomic E-state index is 13.9. The van der Waals surface area contributed by atoms with Crippen LogP contribution in [-0.2, 0) is 0 Å². The average Bonchev–Trinajstić information content (AvgIpc) is 3.01. The molecule has 0 bridgehead atoms. The van der Waals surface area contributed by atoms with Crippen molar-refractivity contribution < 1.29 is 14.2 Å². The summed E-state index contributed by atoms with van der Waals surface area (Å²) in [6, 6.07) is 3.24. The second kappa shape index (κ2) is 4.10. The van der Waals surface area contributed by atoms with E-state index < -0.39 is 11.9 Å². The smallest absolute Gasteiger partial charge is 0.171 e. The molecule has 1 saturated carbocycles. The highest BCUT2D eigenvalue weighted by molar-refractivity contribution is 9.10. The summed E-state index contributed by atoms with van der Waals surface area (Å²) in [7, 11) is 1.42. The van der Waals surface area contributed by atoms with E-state index in [0.717, 1.165) is 12.8 Å². The molecule has 2 rings (SSSR count). The minimum absolute atomic E-state index is 0.174. The molecule has 0 aromatic heterocycles. The van der Waals surface area contributed by atoms with Crippen LogP contribution in [-0.4, -0.2) is 12.2 Å². The SMILES string of the molecule is COc1ccc(Br)c(C(O)C2CC2)c1F. The highest BCUT2D eigenvalue weighted by Crippen LogP contribution is 2.44. The zero-order chi connectivity index (χ0) is 11.0. The van der Waals surface area contributed by atoms with Crippen LogP contribution < -0.4 is 4.74 Å². The van der Waals surface area contributed by atoms with Gasteiger partial charge in [0, 0.05) is 10.0 Å². The van der Waals surface area contributed by atoms with Crippen molar-refractivity contribution in [3.63, 3.8) is 0 Å². The van der Waals surface area contributed by atoms with Gasteiger partial charge in [0.25, 0.3) is 0 Å². The van der Waals surface area contributed by atoms with E-state index in [2.05, 4.69) is 15.9 Å². The molecule has 1 aliphatic carbocycles. The highest BCUT2D eigenvalue weighted by atomic mass is 79.9. The standard InChI is InChI=1S/C11H12BrFO2/c1-15-8-5-4-7(12)9(10(8)13)11(14)6-2-3-6/h4-6,11,14H,2-3H2,1H3. The molecule has 2 nitrogen and oxygen atoms in total.